The summed E-state index contributed by atoms with van der Waals surface area (Å²) in [7, 11) is 0. The minimum absolute atomic E-state index is 0. The van der Waals surface area contributed by atoms with Crippen LogP contribution in [0.15, 0.2) is 42.5 Å². The van der Waals surface area contributed by atoms with Crippen molar-refractivity contribution in [3.05, 3.63) is 69.2 Å². The molecule has 2 aromatic carbocycles. The van der Waals surface area contributed by atoms with Gasteiger partial charge in [0.25, 0.3) is 5.91 Å². The molecule has 0 aromatic heterocycles. The zero-order valence-corrected chi connectivity index (χ0v) is 15.8. The second kappa shape index (κ2) is 8.88. The van der Waals surface area contributed by atoms with Crippen LogP contribution in [0, 0.1) is 0 Å². The number of nitrogens with two attached hydrogens (primary N) is 1. The van der Waals surface area contributed by atoms with Crippen LogP contribution in [0.2, 0.25) is 10.0 Å². The zero-order valence-electron chi connectivity index (χ0n) is 13.5. The molecule has 2 aromatic rings. The van der Waals surface area contributed by atoms with E-state index in [1.807, 2.05) is 30.3 Å². The molecule has 1 aliphatic heterocycles. The molecule has 4 nitrogen and oxygen atoms in total. The van der Waals surface area contributed by atoms with E-state index in [1.165, 1.54) is 0 Å². The highest BCUT2D eigenvalue weighted by Gasteiger charge is 2.26. The Morgan fingerprint density at radius 3 is 2.52 bits per heavy atom. The first-order valence-corrected chi connectivity index (χ1v) is 8.49. The Morgan fingerprint density at radius 2 is 1.88 bits per heavy atom. The SMILES string of the molecule is Cl.NCc1ccc(C(=O)N2CCOC(c3ccc(Cl)c(Cl)c3)C2)cc1. The molecule has 0 saturated carbocycles. The van der Waals surface area contributed by atoms with Gasteiger partial charge >= 0.3 is 0 Å². The Labute approximate surface area is 163 Å². The van der Waals surface area contributed by atoms with Crippen molar-refractivity contribution in [3.63, 3.8) is 0 Å². The quantitative estimate of drug-likeness (QED) is 0.843. The lowest BCUT2D eigenvalue weighted by Crippen LogP contribution is -2.42. The molecular formula is C18H19Cl3N2O2. The molecule has 1 heterocycles. The van der Waals surface area contributed by atoms with Crippen LogP contribution in [0.4, 0.5) is 0 Å². The fourth-order valence-electron chi connectivity index (χ4n) is 2.71. The van der Waals surface area contributed by atoms with Crippen molar-refractivity contribution in [1.82, 2.24) is 4.90 Å². The molecule has 1 fully saturated rings. The van der Waals surface area contributed by atoms with Gasteiger partial charge in [0.1, 0.15) is 6.10 Å². The lowest BCUT2D eigenvalue weighted by atomic mass is 10.1. The average Bonchev–Trinajstić information content (AvgIpc) is 2.63. The number of carbonyl (C=O) groups is 1. The molecule has 1 atom stereocenters. The molecule has 2 N–H and O–H groups in total. The smallest absolute Gasteiger partial charge is 0.254 e. The molecule has 1 amide bonds. The predicted molar refractivity (Wildman–Crippen MR) is 103 cm³/mol. The van der Waals surface area contributed by atoms with Gasteiger partial charge in [-0.3, -0.25) is 4.79 Å². The lowest BCUT2D eigenvalue weighted by molar-refractivity contribution is -0.0228. The standard InChI is InChI=1S/C18H18Cl2N2O2.ClH/c19-15-6-5-14(9-16(15)20)17-11-22(7-8-24-17)18(23)13-3-1-12(10-21)2-4-13;/h1-6,9,17H,7-8,10-11,21H2;1H. The van der Waals surface area contributed by atoms with Gasteiger partial charge in [0, 0.05) is 18.7 Å². The van der Waals surface area contributed by atoms with Crippen LogP contribution in [-0.2, 0) is 11.3 Å². The van der Waals surface area contributed by atoms with Crippen LogP contribution in [0.5, 0.6) is 0 Å². The van der Waals surface area contributed by atoms with Crippen molar-refractivity contribution in [1.29, 1.82) is 0 Å². The van der Waals surface area contributed by atoms with Crippen molar-refractivity contribution in [2.24, 2.45) is 5.73 Å². The van der Waals surface area contributed by atoms with Crippen LogP contribution in [-0.4, -0.2) is 30.5 Å². The van der Waals surface area contributed by atoms with E-state index in [-0.39, 0.29) is 24.4 Å². The molecule has 0 radical (unpaired) electrons. The monoisotopic (exact) mass is 400 g/mol. The molecule has 1 aliphatic rings. The summed E-state index contributed by atoms with van der Waals surface area (Å²) in [4.78, 5) is 14.5. The Bertz CT molecular complexity index is 738. The minimum atomic E-state index is -0.208. The van der Waals surface area contributed by atoms with Gasteiger partial charge in [0.2, 0.25) is 0 Å². The summed E-state index contributed by atoms with van der Waals surface area (Å²) in [6.45, 7) is 1.99. The van der Waals surface area contributed by atoms with E-state index in [9.17, 15) is 4.79 Å². The highest BCUT2D eigenvalue weighted by Crippen LogP contribution is 2.29. The van der Waals surface area contributed by atoms with E-state index >= 15 is 0 Å². The Balaban J connectivity index is 0.00000225. The summed E-state index contributed by atoms with van der Waals surface area (Å²) in [5.74, 6) is -0.00747. The largest absolute Gasteiger partial charge is 0.370 e. The Morgan fingerprint density at radius 1 is 1.16 bits per heavy atom. The molecule has 1 saturated heterocycles. The Hall–Kier alpha value is -1.30. The summed E-state index contributed by atoms with van der Waals surface area (Å²) in [6, 6.07) is 12.8. The molecular weight excluding hydrogens is 383 g/mol. The first-order chi connectivity index (χ1) is 11.6. The molecule has 3 rings (SSSR count). The van der Waals surface area contributed by atoms with E-state index < -0.39 is 0 Å². The van der Waals surface area contributed by atoms with Gasteiger partial charge in [-0.15, -0.1) is 12.4 Å². The van der Waals surface area contributed by atoms with E-state index in [2.05, 4.69) is 0 Å². The number of amides is 1. The summed E-state index contributed by atoms with van der Waals surface area (Å²) < 4.78 is 5.80. The predicted octanol–water partition coefficient (Wildman–Crippen LogP) is 4.09. The van der Waals surface area contributed by atoms with Gasteiger partial charge in [-0.25, -0.2) is 0 Å². The second-order valence-electron chi connectivity index (χ2n) is 5.69. The third kappa shape index (κ3) is 4.66. The van der Waals surface area contributed by atoms with Gasteiger partial charge in [-0.2, -0.15) is 0 Å². The van der Waals surface area contributed by atoms with Crippen molar-refractivity contribution in [3.8, 4) is 0 Å². The highest BCUT2D eigenvalue weighted by atomic mass is 35.5. The number of hydrogen-bond acceptors (Lipinski definition) is 3. The summed E-state index contributed by atoms with van der Waals surface area (Å²) in [5.41, 5.74) is 8.17. The van der Waals surface area contributed by atoms with Crippen molar-refractivity contribution in [2.75, 3.05) is 19.7 Å². The van der Waals surface area contributed by atoms with Gasteiger partial charge < -0.3 is 15.4 Å². The maximum atomic E-state index is 12.7. The molecule has 0 aliphatic carbocycles. The average molecular weight is 402 g/mol. The van der Waals surface area contributed by atoms with Crippen LogP contribution in [0.1, 0.15) is 27.6 Å². The summed E-state index contributed by atoms with van der Waals surface area (Å²) in [6.07, 6.45) is -0.208. The lowest BCUT2D eigenvalue weighted by Gasteiger charge is -2.33. The molecule has 25 heavy (non-hydrogen) atoms. The topological polar surface area (TPSA) is 55.6 Å². The maximum absolute atomic E-state index is 12.7. The molecule has 0 bridgehead atoms. The number of rotatable bonds is 3. The second-order valence-corrected chi connectivity index (χ2v) is 6.50. The van der Waals surface area contributed by atoms with Gasteiger partial charge in [-0.05, 0) is 35.4 Å². The first kappa shape index (κ1) is 20.0. The summed E-state index contributed by atoms with van der Waals surface area (Å²) >= 11 is 12.0. The van der Waals surface area contributed by atoms with E-state index in [0.29, 0.717) is 41.8 Å². The third-order valence-corrected chi connectivity index (χ3v) is 4.84. The number of carbonyl (C=O) groups excluding carboxylic acids is 1. The number of morpholine rings is 1. The molecule has 134 valence electrons. The van der Waals surface area contributed by atoms with Crippen LogP contribution >= 0.6 is 35.6 Å². The molecule has 7 heteroatoms. The van der Waals surface area contributed by atoms with Crippen LogP contribution in [0.3, 0.4) is 0 Å². The number of hydrogen-bond donors (Lipinski definition) is 1. The number of nitrogens with zero attached hydrogens (tertiary/aromatic N) is 1. The maximum Gasteiger partial charge on any atom is 0.254 e. The van der Waals surface area contributed by atoms with E-state index in [1.54, 1.807) is 17.0 Å². The molecule has 0 spiro atoms. The normalized spacial score (nSPS) is 17.1. The van der Waals surface area contributed by atoms with Crippen molar-refractivity contribution < 1.29 is 9.53 Å². The first-order valence-electron chi connectivity index (χ1n) is 7.73. The summed E-state index contributed by atoms with van der Waals surface area (Å²) in [5, 5.41) is 0.989. The van der Waals surface area contributed by atoms with Gasteiger partial charge in [0.05, 0.1) is 23.2 Å². The van der Waals surface area contributed by atoms with Crippen molar-refractivity contribution in [2.45, 2.75) is 12.6 Å². The fraction of sp³-hybridized carbons (Fsp3) is 0.278. The van der Waals surface area contributed by atoms with E-state index in [0.717, 1.165) is 11.1 Å². The number of ether oxygens (including phenoxy) is 1. The van der Waals surface area contributed by atoms with E-state index in [4.69, 9.17) is 33.7 Å². The van der Waals surface area contributed by atoms with Crippen LogP contribution in [0.25, 0.3) is 0 Å². The minimum Gasteiger partial charge on any atom is -0.370 e. The molecule has 1 unspecified atom stereocenters. The fourth-order valence-corrected chi connectivity index (χ4v) is 3.02. The number of benzene rings is 2. The van der Waals surface area contributed by atoms with Crippen molar-refractivity contribution >= 4 is 41.5 Å². The van der Waals surface area contributed by atoms with Gasteiger partial charge in [-0.1, -0.05) is 41.4 Å². The van der Waals surface area contributed by atoms with Gasteiger partial charge in [0.15, 0.2) is 0 Å². The highest BCUT2D eigenvalue weighted by molar-refractivity contribution is 6.42. The third-order valence-electron chi connectivity index (χ3n) is 4.11. The Kier molecular flexibility index (Phi) is 7.11. The van der Waals surface area contributed by atoms with Crippen LogP contribution < -0.4 is 5.73 Å². The number of halogens is 3. The zero-order chi connectivity index (χ0) is 17.1.